The van der Waals surface area contributed by atoms with E-state index in [0.29, 0.717) is 0 Å². The lowest BCUT2D eigenvalue weighted by atomic mass is 10.1. The molecule has 0 atom stereocenters. The van der Waals surface area contributed by atoms with Crippen molar-refractivity contribution >= 4 is 15.9 Å². The Morgan fingerprint density at radius 3 is 2.38 bits per heavy atom. The molecule has 0 bridgehead atoms. The van der Waals surface area contributed by atoms with Gasteiger partial charge in [-0.1, -0.05) is 15.9 Å². The molecule has 4 heteroatoms. The van der Waals surface area contributed by atoms with Crippen LogP contribution in [0, 0.1) is 6.92 Å². The Kier molecular flexibility index (Phi) is 5.09. The Labute approximate surface area is 105 Å². The van der Waals surface area contributed by atoms with E-state index in [1.807, 2.05) is 13.0 Å². The topological polar surface area (TPSA) is 38.7 Å². The smallest absolute Gasteiger partial charge is 0.165 e. The molecule has 0 saturated carbocycles. The van der Waals surface area contributed by atoms with E-state index in [4.69, 9.17) is 14.6 Å². The van der Waals surface area contributed by atoms with E-state index < -0.39 is 0 Å². The van der Waals surface area contributed by atoms with Gasteiger partial charge in [0.15, 0.2) is 11.5 Å². The summed E-state index contributed by atoms with van der Waals surface area (Å²) in [5, 5.41) is 8.86. The van der Waals surface area contributed by atoms with Crippen molar-refractivity contribution < 1.29 is 14.6 Å². The Hall–Kier alpha value is -0.740. The summed E-state index contributed by atoms with van der Waals surface area (Å²) in [5.41, 5.74) is 2.07. The van der Waals surface area contributed by atoms with E-state index in [-0.39, 0.29) is 6.61 Å². The summed E-state index contributed by atoms with van der Waals surface area (Å²) in [5.74, 6) is 1.52. The van der Waals surface area contributed by atoms with Gasteiger partial charge in [-0.2, -0.15) is 0 Å². The molecular weight excluding hydrogens is 272 g/mol. The molecule has 1 aromatic rings. The minimum atomic E-state index is 0.178. The molecule has 0 unspecified atom stereocenters. The van der Waals surface area contributed by atoms with Gasteiger partial charge in [0, 0.05) is 16.6 Å². The van der Waals surface area contributed by atoms with Crippen molar-refractivity contribution in [2.75, 3.05) is 20.8 Å². The lowest BCUT2D eigenvalue weighted by molar-refractivity contribution is 0.287. The number of hydrogen-bond donors (Lipinski definition) is 1. The van der Waals surface area contributed by atoms with Crippen LogP contribution in [0.3, 0.4) is 0 Å². The fourth-order valence-corrected chi connectivity index (χ4v) is 2.13. The van der Waals surface area contributed by atoms with Crippen LogP contribution in [0.2, 0.25) is 0 Å². The standard InChI is InChI=1S/C12H17BrO3/c1-8-10(13)7-9(5-4-6-14)12(16-3)11(8)15-2/h7,14H,4-6H2,1-3H3. The Morgan fingerprint density at radius 2 is 1.88 bits per heavy atom. The average molecular weight is 289 g/mol. The SMILES string of the molecule is COc1c(CCCO)cc(Br)c(C)c1OC. The van der Waals surface area contributed by atoms with E-state index in [0.717, 1.165) is 39.9 Å². The second kappa shape index (κ2) is 6.11. The molecule has 3 nitrogen and oxygen atoms in total. The van der Waals surface area contributed by atoms with E-state index in [1.54, 1.807) is 14.2 Å². The summed E-state index contributed by atoms with van der Waals surface area (Å²) < 4.78 is 11.7. The number of aliphatic hydroxyl groups is 1. The zero-order chi connectivity index (χ0) is 12.1. The summed E-state index contributed by atoms with van der Waals surface area (Å²) in [4.78, 5) is 0. The molecule has 0 aliphatic carbocycles. The van der Waals surface area contributed by atoms with Gasteiger partial charge in [0.05, 0.1) is 14.2 Å². The molecule has 1 rings (SSSR count). The normalized spacial score (nSPS) is 10.3. The molecular formula is C12H17BrO3. The first-order valence-corrected chi connectivity index (χ1v) is 5.95. The maximum atomic E-state index is 8.86. The van der Waals surface area contributed by atoms with Crippen molar-refractivity contribution in [1.29, 1.82) is 0 Å². The van der Waals surface area contributed by atoms with Crippen LogP contribution >= 0.6 is 15.9 Å². The Morgan fingerprint density at radius 1 is 1.25 bits per heavy atom. The van der Waals surface area contributed by atoms with E-state index in [1.165, 1.54) is 0 Å². The van der Waals surface area contributed by atoms with E-state index >= 15 is 0 Å². The van der Waals surface area contributed by atoms with Crippen LogP contribution in [0.4, 0.5) is 0 Å². The van der Waals surface area contributed by atoms with Crippen molar-refractivity contribution in [2.24, 2.45) is 0 Å². The lowest BCUT2D eigenvalue weighted by Gasteiger charge is -2.16. The maximum absolute atomic E-state index is 8.86. The van der Waals surface area contributed by atoms with Crippen LogP contribution in [0.5, 0.6) is 11.5 Å². The molecule has 0 heterocycles. The summed E-state index contributed by atoms with van der Waals surface area (Å²) >= 11 is 3.49. The van der Waals surface area contributed by atoms with Crippen molar-refractivity contribution in [3.8, 4) is 11.5 Å². The van der Waals surface area contributed by atoms with Crippen LogP contribution in [0.25, 0.3) is 0 Å². The van der Waals surface area contributed by atoms with Crippen molar-refractivity contribution in [3.05, 3.63) is 21.7 Å². The number of halogens is 1. The molecule has 0 aromatic heterocycles. The fourth-order valence-electron chi connectivity index (χ4n) is 1.68. The van der Waals surface area contributed by atoms with Crippen LogP contribution < -0.4 is 9.47 Å². The molecule has 0 aliphatic heterocycles. The molecule has 90 valence electrons. The molecule has 0 fully saturated rings. The van der Waals surface area contributed by atoms with Crippen LogP contribution in [0.15, 0.2) is 10.5 Å². The zero-order valence-electron chi connectivity index (χ0n) is 9.84. The highest BCUT2D eigenvalue weighted by molar-refractivity contribution is 9.10. The molecule has 0 radical (unpaired) electrons. The maximum Gasteiger partial charge on any atom is 0.165 e. The van der Waals surface area contributed by atoms with Gasteiger partial charge >= 0.3 is 0 Å². The lowest BCUT2D eigenvalue weighted by Crippen LogP contribution is -2.00. The van der Waals surface area contributed by atoms with E-state index in [9.17, 15) is 0 Å². The van der Waals surface area contributed by atoms with Gasteiger partial charge in [-0.05, 0) is 31.4 Å². The van der Waals surface area contributed by atoms with Crippen LogP contribution in [-0.4, -0.2) is 25.9 Å². The third-order valence-electron chi connectivity index (χ3n) is 2.51. The molecule has 0 saturated heterocycles. The van der Waals surface area contributed by atoms with Crippen molar-refractivity contribution in [1.82, 2.24) is 0 Å². The number of ether oxygens (including phenoxy) is 2. The summed E-state index contributed by atoms with van der Waals surface area (Å²) in [6, 6.07) is 2.02. The minimum absolute atomic E-state index is 0.178. The summed E-state index contributed by atoms with van der Waals surface area (Å²) in [6.07, 6.45) is 1.49. The first-order chi connectivity index (χ1) is 7.65. The first-order valence-electron chi connectivity index (χ1n) is 5.16. The average Bonchev–Trinajstić information content (AvgIpc) is 2.29. The number of rotatable bonds is 5. The minimum Gasteiger partial charge on any atom is -0.493 e. The largest absolute Gasteiger partial charge is 0.493 e. The van der Waals surface area contributed by atoms with Crippen LogP contribution in [0.1, 0.15) is 17.5 Å². The van der Waals surface area contributed by atoms with Gasteiger partial charge in [0.1, 0.15) is 0 Å². The third kappa shape index (κ3) is 2.68. The number of methoxy groups -OCH3 is 2. The van der Waals surface area contributed by atoms with Gasteiger partial charge in [0.25, 0.3) is 0 Å². The molecule has 0 amide bonds. The van der Waals surface area contributed by atoms with Gasteiger partial charge in [0.2, 0.25) is 0 Å². The zero-order valence-corrected chi connectivity index (χ0v) is 11.4. The summed E-state index contributed by atoms with van der Waals surface area (Å²) in [6.45, 7) is 2.15. The van der Waals surface area contributed by atoms with Crippen molar-refractivity contribution in [2.45, 2.75) is 19.8 Å². The predicted molar refractivity (Wildman–Crippen MR) is 67.4 cm³/mol. The number of aliphatic hydroxyl groups excluding tert-OH is 1. The Bertz CT molecular complexity index is 364. The number of benzene rings is 1. The van der Waals surface area contributed by atoms with Gasteiger partial charge in [-0.15, -0.1) is 0 Å². The van der Waals surface area contributed by atoms with Gasteiger partial charge < -0.3 is 14.6 Å². The van der Waals surface area contributed by atoms with Gasteiger partial charge in [-0.25, -0.2) is 0 Å². The highest BCUT2D eigenvalue weighted by Gasteiger charge is 2.15. The van der Waals surface area contributed by atoms with Crippen LogP contribution in [-0.2, 0) is 6.42 Å². The third-order valence-corrected chi connectivity index (χ3v) is 3.33. The Balaban J connectivity index is 3.20. The monoisotopic (exact) mass is 288 g/mol. The number of hydrogen-bond acceptors (Lipinski definition) is 3. The van der Waals surface area contributed by atoms with Gasteiger partial charge in [-0.3, -0.25) is 0 Å². The predicted octanol–water partition coefficient (Wildman–Crippen LogP) is 2.70. The molecule has 1 aromatic carbocycles. The fraction of sp³-hybridized carbons (Fsp3) is 0.500. The second-order valence-corrected chi connectivity index (χ2v) is 4.39. The molecule has 1 N–H and O–H groups in total. The van der Waals surface area contributed by atoms with Crippen molar-refractivity contribution in [3.63, 3.8) is 0 Å². The second-order valence-electron chi connectivity index (χ2n) is 3.54. The molecule has 0 spiro atoms. The summed E-state index contributed by atoms with van der Waals surface area (Å²) in [7, 11) is 3.26. The highest BCUT2D eigenvalue weighted by atomic mass is 79.9. The molecule has 0 aliphatic rings. The quantitative estimate of drug-likeness (QED) is 0.905. The van der Waals surface area contributed by atoms with E-state index in [2.05, 4.69) is 15.9 Å². The highest BCUT2D eigenvalue weighted by Crippen LogP contribution is 2.39. The molecule has 16 heavy (non-hydrogen) atoms. The first kappa shape index (κ1) is 13.3. The number of aryl methyl sites for hydroxylation is 1.